The largest absolute Gasteiger partial charge is 0.467 e. The fraction of sp³-hybridized carbons (Fsp3) is 0.400. The predicted molar refractivity (Wildman–Crippen MR) is 100 cm³/mol. The van der Waals surface area contributed by atoms with Gasteiger partial charge in [-0.25, -0.2) is 4.98 Å². The molecule has 0 saturated carbocycles. The van der Waals surface area contributed by atoms with Gasteiger partial charge in [0.1, 0.15) is 11.5 Å². The fourth-order valence-corrected chi connectivity index (χ4v) is 1.82. The molecule has 132 valence electrons. The molecule has 0 saturated heterocycles. The van der Waals surface area contributed by atoms with Crippen molar-refractivity contribution in [3.63, 3.8) is 0 Å². The maximum atomic E-state index is 11.8. The summed E-state index contributed by atoms with van der Waals surface area (Å²) in [7, 11) is 1.63. The first-order chi connectivity index (χ1) is 11.1. The lowest BCUT2D eigenvalue weighted by Gasteiger charge is -2.10. The second-order valence-corrected chi connectivity index (χ2v) is 4.88. The van der Waals surface area contributed by atoms with Gasteiger partial charge in [0, 0.05) is 7.05 Å². The quantitative estimate of drug-likeness (QED) is 0.352. The van der Waals surface area contributed by atoms with Gasteiger partial charge in [0.15, 0.2) is 5.96 Å². The summed E-state index contributed by atoms with van der Waals surface area (Å²) in [6.07, 6.45) is 1.57. The van der Waals surface area contributed by atoms with Crippen molar-refractivity contribution in [1.29, 1.82) is 0 Å². The maximum Gasteiger partial charge on any atom is 0.239 e. The monoisotopic (exact) mass is 447 g/mol. The van der Waals surface area contributed by atoms with Gasteiger partial charge >= 0.3 is 0 Å². The fourth-order valence-electron chi connectivity index (χ4n) is 1.82. The third-order valence-electron chi connectivity index (χ3n) is 3.16. The Bertz CT molecular complexity index is 647. The molecule has 0 aliphatic carbocycles. The minimum atomic E-state index is -0.160. The average molecular weight is 447 g/mol. The highest BCUT2D eigenvalue weighted by Crippen LogP contribution is 2.07. The van der Waals surface area contributed by atoms with Crippen molar-refractivity contribution in [3.05, 3.63) is 41.5 Å². The molecular weight excluding hydrogens is 425 g/mol. The highest BCUT2D eigenvalue weighted by atomic mass is 127. The lowest BCUT2D eigenvalue weighted by Crippen LogP contribution is -2.42. The average Bonchev–Trinajstić information content (AvgIpc) is 3.16. The summed E-state index contributed by atoms with van der Waals surface area (Å²) in [4.78, 5) is 20.1. The third-order valence-corrected chi connectivity index (χ3v) is 3.16. The Kier molecular flexibility index (Phi) is 8.30. The number of aryl methyl sites for hydroxylation is 2. The number of nitrogens with zero attached hydrogens (tertiary/aromatic N) is 2. The van der Waals surface area contributed by atoms with E-state index < -0.39 is 0 Å². The van der Waals surface area contributed by atoms with Crippen LogP contribution in [0.15, 0.2) is 32.2 Å². The Labute approximate surface area is 157 Å². The van der Waals surface area contributed by atoms with Gasteiger partial charge in [0.2, 0.25) is 11.8 Å². The summed E-state index contributed by atoms with van der Waals surface area (Å²) in [5.41, 5.74) is 0.863. The van der Waals surface area contributed by atoms with Crippen LogP contribution in [-0.4, -0.2) is 30.4 Å². The summed E-state index contributed by atoms with van der Waals surface area (Å²) >= 11 is 0. The molecule has 0 aliphatic rings. The molecule has 0 fully saturated rings. The second kappa shape index (κ2) is 9.96. The molecule has 0 unspecified atom stereocenters. The number of rotatable bonds is 6. The molecule has 2 aromatic heterocycles. The lowest BCUT2D eigenvalue weighted by atomic mass is 10.4. The van der Waals surface area contributed by atoms with Crippen LogP contribution in [0, 0.1) is 13.8 Å². The molecule has 9 heteroatoms. The van der Waals surface area contributed by atoms with Crippen molar-refractivity contribution < 1.29 is 13.6 Å². The van der Waals surface area contributed by atoms with E-state index in [4.69, 9.17) is 8.83 Å². The van der Waals surface area contributed by atoms with Crippen molar-refractivity contribution in [2.75, 3.05) is 13.6 Å². The Hall–Kier alpha value is -2.04. The number of nitrogens with one attached hydrogen (secondary N) is 3. The molecule has 0 atom stereocenters. The highest BCUT2D eigenvalue weighted by molar-refractivity contribution is 14.0. The van der Waals surface area contributed by atoms with Crippen molar-refractivity contribution in [2.45, 2.75) is 26.9 Å². The zero-order valence-electron chi connectivity index (χ0n) is 13.9. The minimum Gasteiger partial charge on any atom is -0.467 e. The van der Waals surface area contributed by atoms with Gasteiger partial charge in [-0.15, -0.1) is 24.0 Å². The summed E-state index contributed by atoms with van der Waals surface area (Å²) in [6, 6.07) is 3.58. The maximum absolute atomic E-state index is 11.8. The summed E-state index contributed by atoms with van der Waals surface area (Å²) in [5, 5.41) is 8.69. The van der Waals surface area contributed by atoms with E-state index in [-0.39, 0.29) is 36.4 Å². The van der Waals surface area contributed by atoms with Gasteiger partial charge in [0.05, 0.1) is 31.6 Å². The van der Waals surface area contributed by atoms with Gasteiger partial charge in [-0.05, 0) is 26.0 Å². The SMILES string of the molecule is CN=C(NCC(=O)NCc1ccco1)NCc1nc(C)c(C)o1.I. The molecule has 0 radical (unpaired) electrons. The molecule has 2 aromatic rings. The van der Waals surface area contributed by atoms with E-state index in [1.165, 1.54) is 0 Å². The molecule has 0 aliphatic heterocycles. The first-order valence-corrected chi connectivity index (χ1v) is 7.25. The standard InChI is InChI=1S/C15H21N5O3.HI/c1-10-11(2)23-14(20-10)9-19-15(16-3)18-8-13(21)17-7-12-5-4-6-22-12;/h4-6H,7-9H2,1-3H3,(H,17,21)(H2,16,18,19);1H. The minimum absolute atomic E-state index is 0. The number of furan rings is 1. The van der Waals surface area contributed by atoms with Crippen LogP contribution in [0.25, 0.3) is 0 Å². The molecule has 3 N–H and O–H groups in total. The van der Waals surface area contributed by atoms with Crippen molar-refractivity contribution >= 4 is 35.8 Å². The highest BCUT2D eigenvalue weighted by Gasteiger charge is 2.08. The zero-order chi connectivity index (χ0) is 16.7. The molecular formula is C15H22IN5O3. The van der Waals surface area contributed by atoms with Crippen molar-refractivity contribution in [3.8, 4) is 0 Å². The van der Waals surface area contributed by atoms with Crippen LogP contribution in [0.5, 0.6) is 0 Å². The summed E-state index contributed by atoms with van der Waals surface area (Å²) < 4.78 is 10.6. The van der Waals surface area contributed by atoms with Crippen LogP contribution in [-0.2, 0) is 17.9 Å². The molecule has 0 aromatic carbocycles. The van der Waals surface area contributed by atoms with E-state index in [1.54, 1.807) is 25.4 Å². The number of oxazole rings is 1. The molecule has 0 bridgehead atoms. The van der Waals surface area contributed by atoms with Gasteiger partial charge < -0.3 is 24.8 Å². The van der Waals surface area contributed by atoms with Gasteiger partial charge in [-0.1, -0.05) is 0 Å². The normalized spacial score (nSPS) is 10.9. The number of aliphatic imine (C=N–C) groups is 1. The first kappa shape index (κ1) is 20.0. The van der Waals surface area contributed by atoms with Crippen LogP contribution in [0.2, 0.25) is 0 Å². The van der Waals surface area contributed by atoms with Crippen LogP contribution in [0.4, 0.5) is 0 Å². The van der Waals surface area contributed by atoms with Crippen molar-refractivity contribution in [1.82, 2.24) is 20.9 Å². The molecule has 1 amide bonds. The van der Waals surface area contributed by atoms with E-state index in [1.807, 2.05) is 13.8 Å². The second-order valence-electron chi connectivity index (χ2n) is 4.88. The molecule has 2 rings (SSSR count). The molecule has 0 spiro atoms. The Balaban J connectivity index is 0.00000288. The number of hydrogen-bond donors (Lipinski definition) is 3. The van der Waals surface area contributed by atoms with Crippen LogP contribution in [0.3, 0.4) is 0 Å². The number of amides is 1. The summed E-state index contributed by atoms with van der Waals surface area (Å²) in [6.45, 7) is 4.60. The van der Waals surface area contributed by atoms with Crippen LogP contribution in [0.1, 0.15) is 23.1 Å². The Morgan fingerprint density at radius 3 is 2.62 bits per heavy atom. The number of aromatic nitrogens is 1. The predicted octanol–water partition coefficient (Wildman–Crippen LogP) is 1.48. The smallest absolute Gasteiger partial charge is 0.239 e. The van der Waals surface area contributed by atoms with Crippen LogP contribution >= 0.6 is 24.0 Å². The third kappa shape index (κ3) is 6.22. The molecule has 2 heterocycles. The molecule has 24 heavy (non-hydrogen) atoms. The van der Waals surface area contributed by atoms with Gasteiger partial charge in [-0.2, -0.15) is 0 Å². The Morgan fingerprint density at radius 1 is 1.25 bits per heavy atom. The van der Waals surface area contributed by atoms with Crippen molar-refractivity contribution in [2.24, 2.45) is 4.99 Å². The lowest BCUT2D eigenvalue weighted by molar-refractivity contribution is -0.120. The first-order valence-electron chi connectivity index (χ1n) is 7.25. The topological polar surface area (TPSA) is 105 Å². The van der Waals surface area contributed by atoms with Crippen LogP contribution < -0.4 is 16.0 Å². The number of carbonyl (C=O) groups is 1. The van der Waals surface area contributed by atoms with E-state index in [0.717, 1.165) is 11.5 Å². The number of hydrogen-bond acceptors (Lipinski definition) is 5. The van der Waals surface area contributed by atoms with E-state index in [2.05, 4.69) is 25.9 Å². The van der Waals surface area contributed by atoms with Gasteiger partial charge in [-0.3, -0.25) is 9.79 Å². The number of guanidine groups is 1. The summed E-state index contributed by atoms with van der Waals surface area (Å²) in [5.74, 6) is 2.40. The van der Waals surface area contributed by atoms with E-state index in [0.29, 0.717) is 30.7 Å². The number of halogens is 1. The van der Waals surface area contributed by atoms with E-state index in [9.17, 15) is 4.79 Å². The van der Waals surface area contributed by atoms with E-state index >= 15 is 0 Å². The Morgan fingerprint density at radius 2 is 2.04 bits per heavy atom. The number of carbonyl (C=O) groups excluding carboxylic acids is 1. The molecule has 8 nitrogen and oxygen atoms in total. The van der Waals surface area contributed by atoms with Gasteiger partial charge in [0.25, 0.3) is 0 Å². The zero-order valence-corrected chi connectivity index (χ0v) is 16.2.